The molecule has 16 aliphatic rings. The number of fused-ring (bicyclic) bond motifs is 24. The summed E-state index contributed by atoms with van der Waals surface area (Å²) in [7, 11) is 0. The summed E-state index contributed by atoms with van der Waals surface area (Å²) in [6.07, 6.45) is 48.9. The van der Waals surface area contributed by atoms with Gasteiger partial charge in [-0.05, 0) is 293 Å². The van der Waals surface area contributed by atoms with E-state index in [-0.39, 0.29) is 43.3 Å². The molecule has 14 fully saturated rings. The number of nitriles is 2. The van der Waals surface area contributed by atoms with Gasteiger partial charge in [-0.15, -0.1) is 0 Å². The molecule has 0 amide bonds. The van der Waals surface area contributed by atoms with Gasteiger partial charge in [-0.2, -0.15) is 10.5 Å². The Kier molecular flexibility index (Phi) is 8.73. The first-order valence-electron chi connectivity index (χ1n) is 36.6. The maximum Gasteiger partial charge on any atom is 0.0995 e. The van der Waals surface area contributed by atoms with Crippen LogP contribution in [0, 0.1) is 69.0 Å². The van der Waals surface area contributed by atoms with Crippen LogP contribution in [-0.2, 0) is 32.5 Å². The number of benzene rings is 5. The highest BCUT2D eigenvalue weighted by Gasteiger charge is 2.73. The Bertz CT molecular complexity index is 4300. The van der Waals surface area contributed by atoms with E-state index in [9.17, 15) is 10.5 Å². The molecular formula is C82H86N4. The van der Waals surface area contributed by atoms with E-state index in [0.717, 1.165) is 46.6 Å². The summed E-state index contributed by atoms with van der Waals surface area (Å²) in [6, 6.07) is 28.1. The zero-order valence-electron chi connectivity index (χ0n) is 51.3. The molecule has 14 saturated carbocycles. The zero-order chi connectivity index (χ0) is 55.8. The summed E-state index contributed by atoms with van der Waals surface area (Å²) in [5.41, 5.74) is 21.9. The molecule has 0 unspecified atom stereocenters. The van der Waals surface area contributed by atoms with E-state index in [0.29, 0.717) is 0 Å². The van der Waals surface area contributed by atoms with Gasteiger partial charge in [-0.1, -0.05) is 77.0 Å². The van der Waals surface area contributed by atoms with Crippen LogP contribution in [0.15, 0.2) is 48.5 Å². The van der Waals surface area contributed by atoms with Crippen molar-refractivity contribution in [2.24, 2.45) is 46.3 Å². The largest absolute Gasteiger partial charge is 0.308 e. The van der Waals surface area contributed by atoms with E-state index < -0.39 is 0 Å². The number of rotatable bonds is 2. The van der Waals surface area contributed by atoms with E-state index in [2.05, 4.69) is 69.5 Å². The van der Waals surface area contributed by atoms with Crippen LogP contribution in [-0.4, -0.2) is 8.80 Å². The SMILES string of the molecule is N#Cc1cc2c(c3c1C1(CCCC1)C1(CCCC1)C31CCCC1)c1cc(C34CC5CC(CC(C5)C3)C4)cc3c4cc5c(cc4n2c31)c1cc(C23CC4CC(CC(C4)C2)C3)cc2c3c4c(c(C#N)cc3n5c12)C1(CCCC1)C1(CCCC1)C41CCCC1. The minimum atomic E-state index is 0.127. The number of nitrogens with zero attached hydrogens (tertiary/aromatic N) is 4. The molecular weight excluding hydrogens is 1040 g/mol. The summed E-state index contributed by atoms with van der Waals surface area (Å²) < 4.78 is 5.62. The lowest BCUT2D eigenvalue weighted by atomic mass is 9.48. The van der Waals surface area contributed by atoms with Crippen LogP contribution in [0.25, 0.3) is 76.2 Å². The van der Waals surface area contributed by atoms with E-state index in [1.807, 2.05) is 0 Å². The van der Waals surface area contributed by atoms with Crippen LogP contribution in [0.3, 0.4) is 0 Å². The second kappa shape index (κ2) is 15.4. The molecule has 4 heteroatoms. The first kappa shape index (κ1) is 48.6. The first-order valence-corrected chi connectivity index (χ1v) is 36.6. The van der Waals surface area contributed by atoms with Crippen LogP contribution < -0.4 is 0 Å². The van der Waals surface area contributed by atoms with Gasteiger partial charge in [0.05, 0.1) is 56.4 Å². The molecule has 5 aromatic carbocycles. The molecule has 6 spiro atoms. The normalized spacial score (nSPS) is 34.6. The van der Waals surface area contributed by atoms with Crippen LogP contribution in [0.2, 0.25) is 0 Å². The number of hydrogen-bond donors (Lipinski definition) is 0. The molecule has 434 valence electrons. The molecule has 9 aromatic rings. The summed E-state index contributed by atoms with van der Waals surface area (Å²) in [5, 5.41) is 36.0. The minimum absolute atomic E-state index is 0.127. The molecule has 16 aliphatic carbocycles. The van der Waals surface area contributed by atoms with Gasteiger partial charge < -0.3 is 8.80 Å². The van der Waals surface area contributed by atoms with Crippen LogP contribution in [0.4, 0.5) is 0 Å². The van der Waals surface area contributed by atoms with Gasteiger partial charge in [0.1, 0.15) is 0 Å². The molecule has 0 radical (unpaired) electrons. The molecule has 8 bridgehead atoms. The average Bonchev–Trinajstić information content (AvgIpc) is 1.48. The van der Waals surface area contributed by atoms with Crippen molar-refractivity contribution < 1.29 is 0 Å². The highest BCUT2D eigenvalue weighted by atomic mass is 14.9. The van der Waals surface area contributed by atoms with Gasteiger partial charge in [0.15, 0.2) is 0 Å². The minimum Gasteiger partial charge on any atom is -0.308 e. The van der Waals surface area contributed by atoms with Gasteiger partial charge in [0.2, 0.25) is 0 Å². The van der Waals surface area contributed by atoms with E-state index >= 15 is 0 Å². The topological polar surface area (TPSA) is 56.4 Å². The Balaban J connectivity index is 0.885. The molecule has 0 saturated heterocycles. The molecule has 4 nitrogen and oxygen atoms in total. The van der Waals surface area contributed by atoms with Crippen molar-refractivity contribution in [2.45, 2.75) is 264 Å². The Morgan fingerprint density at radius 1 is 0.314 bits per heavy atom. The van der Waals surface area contributed by atoms with Gasteiger partial charge in [-0.25, -0.2) is 0 Å². The van der Waals surface area contributed by atoms with E-state index in [4.69, 9.17) is 0 Å². The third-order valence-corrected chi connectivity index (χ3v) is 32.3. The second-order valence-electron chi connectivity index (χ2n) is 34.9. The smallest absolute Gasteiger partial charge is 0.0995 e. The molecule has 0 atom stereocenters. The third-order valence-electron chi connectivity index (χ3n) is 32.3. The van der Waals surface area contributed by atoms with Crippen LogP contribution >= 0.6 is 0 Å². The molecule has 0 aliphatic heterocycles. The van der Waals surface area contributed by atoms with Crippen molar-refractivity contribution in [2.75, 3.05) is 0 Å². The van der Waals surface area contributed by atoms with Crippen LogP contribution in [0.5, 0.6) is 0 Å². The van der Waals surface area contributed by atoms with Crippen molar-refractivity contribution in [1.82, 2.24) is 8.80 Å². The summed E-state index contributed by atoms with van der Waals surface area (Å²) >= 11 is 0. The zero-order valence-corrected chi connectivity index (χ0v) is 51.3. The Labute approximate surface area is 507 Å². The highest BCUT2D eigenvalue weighted by molar-refractivity contribution is 6.30. The summed E-state index contributed by atoms with van der Waals surface area (Å²) in [4.78, 5) is 0. The quantitative estimate of drug-likeness (QED) is 0.173. The predicted molar refractivity (Wildman–Crippen MR) is 347 cm³/mol. The monoisotopic (exact) mass is 1130 g/mol. The molecule has 0 N–H and O–H groups in total. The fraction of sp³-hybridized carbons (Fsp3) is 0.610. The predicted octanol–water partition coefficient (Wildman–Crippen LogP) is 21.1. The average molecular weight is 1130 g/mol. The standard InChI is InChI=1S/C82H86N4/c83-45-53-31-65-67(71-69(53)77(13-1-2-14-77)81(21-9-10-22-81)79(71)17-5-6-18-79)61-35-55(75-39-47-25-48(40-75)27-49(26-47)41-75)33-59-57-38-64-58(37-63(57)85(65)73(59)61)60-34-56(76-42-50-28-51(43-76)30-52(29-50)44-76)36-62-68-66(86(64)74(60)62)32-54(46-84)70-72(68)80(19-7-8-20-80)82(23-11-12-24-82)78(70)15-3-4-16-78/h31-38,47-52H,1-30,39-44H2. The lowest BCUT2D eigenvalue weighted by Gasteiger charge is -2.57. The van der Waals surface area contributed by atoms with Gasteiger partial charge in [0.25, 0.3) is 0 Å². The van der Waals surface area contributed by atoms with E-state index in [1.54, 1.807) is 54.9 Å². The van der Waals surface area contributed by atoms with Crippen molar-refractivity contribution in [3.8, 4) is 12.1 Å². The van der Waals surface area contributed by atoms with Crippen LogP contribution in [0.1, 0.15) is 276 Å². The number of hydrogen-bond acceptors (Lipinski definition) is 2. The second-order valence-corrected chi connectivity index (χ2v) is 34.9. The Morgan fingerprint density at radius 3 is 0.919 bits per heavy atom. The molecule has 4 heterocycles. The lowest BCUT2D eigenvalue weighted by Crippen LogP contribution is -2.49. The van der Waals surface area contributed by atoms with E-state index in [1.165, 1.54) is 286 Å². The van der Waals surface area contributed by atoms with Crippen molar-refractivity contribution in [3.63, 3.8) is 0 Å². The fourth-order valence-corrected chi connectivity index (χ4v) is 31.1. The Morgan fingerprint density at radius 2 is 0.605 bits per heavy atom. The highest BCUT2D eigenvalue weighted by Crippen LogP contribution is 2.80. The maximum atomic E-state index is 11.9. The number of aromatic nitrogens is 2. The van der Waals surface area contributed by atoms with Crippen molar-refractivity contribution in [1.29, 1.82) is 10.5 Å². The lowest BCUT2D eigenvalue weighted by molar-refractivity contribution is -0.00520. The van der Waals surface area contributed by atoms with Gasteiger partial charge in [0, 0.05) is 64.7 Å². The molecule has 4 aromatic heterocycles. The first-order chi connectivity index (χ1) is 42.2. The van der Waals surface area contributed by atoms with Crippen molar-refractivity contribution in [3.05, 3.63) is 93.0 Å². The Hall–Kier alpha value is -5.32. The molecule has 86 heavy (non-hydrogen) atoms. The molecule has 25 rings (SSSR count). The van der Waals surface area contributed by atoms with Gasteiger partial charge in [-0.3, -0.25) is 0 Å². The summed E-state index contributed by atoms with van der Waals surface area (Å²) in [6.45, 7) is 0. The maximum absolute atomic E-state index is 11.9. The summed E-state index contributed by atoms with van der Waals surface area (Å²) in [5.74, 6) is 5.24. The fourth-order valence-electron chi connectivity index (χ4n) is 31.1. The third kappa shape index (κ3) is 5.05. The van der Waals surface area contributed by atoms with Gasteiger partial charge >= 0.3 is 0 Å². The van der Waals surface area contributed by atoms with Crippen molar-refractivity contribution >= 4 is 76.2 Å².